The van der Waals surface area contributed by atoms with Crippen molar-refractivity contribution in [3.63, 3.8) is 0 Å². The Morgan fingerprint density at radius 2 is 1.73 bits per heavy atom. The fourth-order valence-corrected chi connectivity index (χ4v) is 2.82. The highest BCUT2D eigenvalue weighted by atomic mass is 19.4. The van der Waals surface area contributed by atoms with Crippen LogP contribution in [0, 0.1) is 17.7 Å². The number of nitrogens with two attached hydrogens (primary N) is 1. The number of unbranched alkanes of at least 4 members (excludes halogenated alkanes) is 1. The number of anilines is 1. The average molecular weight is 477 g/mol. The first-order chi connectivity index (χ1) is 15.6. The molecule has 0 spiro atoms. The molecule has 1 aliphatic rings. The van der Waals surface area contributed by atoms with Crippen LogP contribution < -0.4 is 5.73 Å². The SMILES string of the molecule is CC.CC.CC(=O)c1ccc(C(F)(F)F)c(F)c1.CCCCC1CC1CC.Nc1ccno1. The molecule has 1 heterocycles. The van der Waals surface area contributed by atoms with Gasteiger partial charge in [-0.2, -0.15) is 13.2 Å². The maximum atomic E-state index is 12.8. The summed E-state index contributed by atoms with van der Waals surface area (Å²) in [5.74, 6) is 0.712. The zero-order valence-electron chi connectivity index (χ0n) is 20.9. The summed E-state index contributed by atoms with van der Waals surface area (Å²) in [6, 6.07) is 3.69. The summed E-state index contributed by atoms with van der Waals surface area (Å²) in [5, 5.41) is 3.32. The highest BCUT2D eigenvalue weighted by Gasteiger charge is 2.34. The molecule has 2 atom stereocenters. The summed E-state index contributed by atoms with van der Waals surface area (Å²) in [7, 11) is 0. The first kappa shape index (κ1) is 32.8. The molecule has 2 N–H and O–H groups in total. The van der Waals surface area contributed by atoms with E-state index in [-0.39, 0.29) is 5.56 Å². The van der Waals surface area contributed by atoms with Gasteiger partial charge in [-0.3, -0.25) is 4.79 Å². The van der Waals surface area contributed by atoms with E-state index >= 15 is 0 Å². The average Bonchev–Trinajstić information content (AvgIpc) is 3.40. The number of aromatic nitrogens is 1. The van der Waals surface area contributed by atoms with Gasteiger partial charge in [0, 0.05) is 11.6 Å². The molecule has 3 rings (SSSR count). The molecule has 4 nitrogen and oxygen atoms in total. The summed E-state index contributed by atoms with van der Waals surface area (Å²) in [4.78, 5) is 10.7. The molecular weight excluding hydrogens is 436 g/mol. The van der Waals surface area contributed by atoms with Gasteiger partial charge in [-0.05, 0) is 37.3 Å². The molecule has 2 unspecified atom stereocenters. The predicted octanol–water partition coefficient (Wildman–Crippen LogP) is 8.58. The number of hydrogen-bond donors (Lipinski definition) is 1. The number of Topliss-reactive ketones (excluding diaryl/α,β-unsaturated/α-hetero) is 1. The maximum absolute atomic E-state index is 12.8. The van der Waals surface area contributed by atoms with Crippen LogP contribution >= 0.6 is 0 Å². The van der Waals surface area contributed by atoms with E-state index in [2.05, 4.69) is 23.5 Å². The Kier molecular flexibility index (Phi) is 18.0. The third-order valence-corrected chi connectivity index (χ3v) is 4.66. The molecular formula is C25H40F4N2O2. The molecule has 1 aromatic heterocycles. The zero-order valence-corrected chi connectivity index (χ0v) is 20.9. The van der Waals surface area contributed by atoms with Crippen molar-refractivity contribution in [3.05, 3.63) is 47.4 Å². The summed E-state index contributed by atoms with van der Waals surface area (Å²) in [6.07, 6.45) is 4.09. The quantitative estimate of drug-likeness (QED) is 0.346. The molecule has 0 bridgehead atoms. The smallest absolute Gasteiger partial charge is 0.368 e. The number of rotatable bonds is 5. The lowest BCUT2D eigenvalue weighted by atomic mass is 10.1. The minimum absolute atomic E-state index is 0.0736. The number of hydrogen-bond acceptors (Lipinski definition) is 4. The van der Waals surface area contributed by atoms with E-state index in [4.69, 9.17) is 5.73 Å². The van der Waals surface area contributed by atoms with Gasteiger partial charge in [-0.25, -0.2) is 4.39 Å². The number of carbonyl (C=O) groups excluding carboxylic acids is 1. The van der Waals surface area contributed by atoms with Crippen molar-refractivity contribution in [2.45, 2.75) is 86.7 Å². The van der Waals surface area contributed by atoms with Crippen LogP contribution in [0.4, 0.5) is 23.4 Å². The van der Waals surface area contributed by atoms with Gasteiger partial charge in [0.05, 0.1) is 11.8 Å². The van der Waals surface area contributed by atoms with Crippen LogP contribution in [0.2, 0.25) is 0 Å². The van der Waals surface area contributed by atoms with Gasteiger partial charge in [-0.1, -0.05) is 78.4 Å². The van der Waals surface area contributed by atoms with Crippen molar-refractivity contribution in [2.24, 2.45) is 11.8 Å². The van der Waals surface area contributed by atoms with Gasteiger partial charge >= 0.3 is 6.18 Å². The normalized spacial score (nSPS) is 15.7. The second-order valence-electron chi connectivity index (χ2n) is 6.97. The highest BCUT2D eigenvalue weighted by Crippen LogP contribution is 2.44. The van der Waals surface area contributed by atoms with Crippen molar-refractivity contribution in [3.8, 4) is 0 Å². The number of benzene rings is 1. The minimum atomic E-state index is -4.72. The lowest BCUT2D eigenvalue weighted by molar-refractivity contribution is -0.140. The van der Waals surface area contributed by atoms with E-state index in [1.54, 1.807) is 6.07 Å². The molecule has 0 aliphatic heterocycles. The Morgan fingerprint density at radius 1 is 1.12 bits per heavy atom. The minimum Gasteiger partial charge on any atom is -0.368 e. The summed E-state index contributed by atoms with van der Waals surface area (Å²) >= 11 is 0. The van der Waals surface area contributed by atoms with Crippen LogP contribution in [-0.4, -0.2) is 10.9 Å². The van der Waals surface area contributed by atoms with E-state index in [1.807, 2.05) is 27.7 Å². The molecule has 1 aliphatic carbocycles. The monoisotopic (exact) mass is 476 g/mol. The molecule has 2 aromatic rings. The van der Waals surface area contributed by atoms with Gasteiger partial charge in [0.25, 0.3) is 0 Å². The Labute approximate surface area is 195 Å². The summed E-state index contributed by atoms with van der Waals surface area (Å²) in [5.41, 5.74) is 3.62. The number of halogens is 4. The lowest BCUT2D eigenvalue weighted by Gasteiger charge is -2.07. The second kappa shape index (κ2) is 18.1. The van der Waals surface area contributed by atoms with Crippen LogP contribution in [0.1, 0.15) is 96.5 Å². The highest BCUT2D eigenvalue weighted by molar-refractivity contribution is 5.94. The molecule has 0 saturated heterocycles. The first-order valence-electron chi connectivity index (χ1n) is 11.6. The van der Waals surface area contributed by atoms with E-state index in [0.717, 1.165) is 24.8 Å². The molecule has 190 valence electrons. The molecule has 1 aromatic carbocycles. The first-order valence-corrected chi connectivity index (χ1v) is 11.6. The van der Waals surface area contributed by atoms with Crippen LogP contribution in [0.3, 0.4) is 0 Å². The van der Waals surface area contributed by atoms with Crippen LogP contribution in [-0.2, 0) is 6.18 Å². The fourth-order valence-electron chi connectivity index (χ4n) is 2.82. The summed E-state index contributed by atoms with van der Waals surface area (Å²) in [6.45, 7) is 13.8. The molecule has 0 radical (unpaired) electrons. The molecule has 1 fully saturated rings. The number of nitrogen functional groups attached to an aromatic ring is 1. The van der Waals surface area contributed by atoms with E-state index in [1.165, 1.54) is 38.3 Å². The maximum Gasteiger partial charge on any atom is 0.419 e. The Bertz CT molecular complexity index is 747. The topological polar surface area (TPSA) is 69.1 Å². The Balaban J connectivity index is 0. The van der Waals surface area contributed by atoms with Crippen LogP contribution in [0.5, 0.6) is 0 Å². The Hall–Kier alpha value is -2.38. The predicted molar refractivity (Wildman–Crippen MR) is 126 cm³/mol. The van der Waals surface area contributed by atoms with Crippen molar-refractivity contribution in [2.75, 3.05) is 5.73 Å². The lowest BCUT2D eigenvalue weighted by Crippen LogP contribution is -2.09. The second-order valence-corrected chi connectivity index (χ2v) is 6.97. The standard InChI is InChI=1S/C9H6F4O.C9H18.C3H4N2O.2C2H6/c1-5(14)6-2-3-7(8(10)4-6)9(11,12)13;1-3-5-6-9-7-8(9)4-2;4-3-1-2-5-6-3;2*1-2/h2-4H,1H3;8-9H,3-7H2,1-2H3;1-2H,4H2;2*1-2H3. The van der Waals surface area contributed by atoms with Gasteiger partial charge < -0.3 is 10.3 Å². The van der Waals surface area contributed by atoms with Crippen molar-refractivity contribution in [1.29, 1.82) is 0 Å². The Morgan fingerprint density at radius 3 is 2.03 bits per heavy atom. The van der Waals surface area contributed by atoms with Gasteiger partial charge in [0.15, 0.2) is 5.78 Å². The molecule has 0 amide bonds. The molecule has 8 heteroatoms. The third kappa shape index (κ3) is 14.4. The van der Waals surface area contributed by atoms with Crippen molar-refractivity contribution < 1.29 is 26.9 Å². The number of nitrogens with zero attached hydrogens (tertiary/aromatic N) is 1. The zero-order chi connectivity index (χ0) is 26.0. The van der Waals surface area contributed by atoms with E-state index in [0.29, 0.717) is 18.0 Å². The molecule has 1 saturated carbocycles. The van der Waals surface area contributed by atoms with E-state index < -0.39 is 23.3 Å². The number of alkyl halides is 3. The van der Waals surface area contributed by atoms with Crippen LogP contribution in [0.15, 0.2) is 35.0 Å². The largest absolute Gasteiger partial charge is 0.419 e. The number of carbonyl (C=O) groups is 1. The van der Waals surface area contributed by atoms with Crippen LogP contribution in [0.25, 0.3) is 0 Å². The van der Waals surface area contributed by atoms with Crippen molar-refractivity contribution in [1.82, 2.24) is 5.16 Å². The van der Waals surface area contributed by atoms with Gasteiger partial charge in [-0.15, -0.1) is 0 Å². The van der Waals surface area contributed by atoms with E-state index in [9.17, 15) is 22.4 Å². The van der Waals surface area contributed by atoms with Gasteiger partial charge in [0.1, 0.15) is 5.82 Å². The number of ketones is 1. The summed E-state index contributed by atoms with van der Waals surface area (Å²) < 4.78 is 53.4. The third-order valence-electron chi connectivity index (χ3n) is 4.66. The fraction of sp³-hybridized carbons (Fsp3) is 0.600. The van der Waals surface area contributed by atoms with Crippen molar-refractivity contribution >= 4 is 11.7 Å². The van der Waals surface area contributed by atoms with Gasteiger partial charge in [0.2, 0.25) is 5.88 Å². The molecule has 33 heavy (non-hydrogen) atoms.